The lowest BCUT2D eigenvalue weighted by molar-refractivity contribution is -0.123. The fourth-order valence-electron chi connectivity index (χ4n) is 3.79. The maximum Gasteiger partial charge on any atom is 0.247 e. The molecule has 1 unspecified atom stereocenters. The Kier molecular flexibility index (Phi) is 5.92. The Morgan fingerprint density at radius 2 is 1.85 bits per heavy atom. The molecule has 2 aromatic rings. The average molecular weight is 354 g/mol. The molecule has 0 radical (unpaired) electrons. The van der Waals surface area contributed by atoms with E-state index in [1.165, 1.54) is 31.4 Å². The van der Waals surface area contributed by atoms with Gasteiger partial charge in [-0.2, -0.15) is 0 Å². The number of aryl methyl sites for hydroxylation is 1. The Hall–Kier alpha value is -2.36. The van der Waals surface area contributed by atoms with Crippen LogP contribution in [0.3, 0.4) is 0 Å². The van der Waals surface area contributed by atoms with Gasteiger partial charge in [0.25, 0.3) is 0 Å². The summed E-state index contributed by atoms with van der Waals surface area (Å²) in [4.78, 5) is 15.1. The molecule has 0 bridgehead atoms. The van der Waals surface area contributed by atoms with E-state index in [1.54, 1.807) is 6.07 Å². The number of rotatable bonds is 5. The van der Waals surface area contributed by atoms with E-state index in [-0.39, 0.29) is 17.8 Å². The second-order valence-corrected chi connectivity index (χ2v) is 7.19. The highest BCUT2D eigenvalue weighted by Crippen LogP contribution is 2.29. The SMILES string of the molecule is Cc1ccccc1C(C(=O)NC1CCCCC1)N(C)c1cccc(F)c1. The lowest BCUT2D eigenvalue weighted by Crippen LogP contribution is -2.44. The van der Waals surface area contributed by atoms with Gasteiger partial charge in [-0.1, -0.05) is 49.6 Å². The van der Waals surface area contributed by atoms with Gasteiger partial charge >= 0.3 is 0 Å². The van der Waals surface area contributed by atoms with Crippen LogP contribution in [0, 0.1) is 12.7 Å². The molecule has 2 aromatic carbocycles. The third-order valence-corrected chi connectivity index (χ3v) is 5.29. The van der Waals surface area contributed by atoms with Crippen molar-refractivity contribution >= 4 is 11.6 Å². The molecule has 1 saturated carbocycles. The molecule has 1 aliphatic carbocycles. The van der Waals surface area contributed by atoms with Gasteiger partial charge < -0.3 is 10.2 Å². The summed E-state index contributed by atoms with van der Waals surface area (Å²) in [5, 5.41) is 3.24. The molecule has 0 saturated heterocycles. The first-order valence-electron chi connectivity index (χ1n) is 9.40. The predicted molar refractivity (Wildman–Crippen MR) is 104 cm³/mol. The number of amides is 1. The van der Waals surface area contributed by atoms with E-state index in [1.807, 2.05) is 49.2 Å². The van der Waals surface area contributed by atoms with E-state index in [4.69, 9.17) is 0 Å². The molecule has 0 heterocycles. The number of halogens is 1. The summed E-state index contributed by atoms with van der Waals surface area (Å²) in [5.74, 6) is -0.316. The van der Waals surface area contributed by atoms with Crippen LogP contribution in [0.1, 0.15) is 49.3 Å². The van der Waals surface area contributed by atoms with E-state index in [9.17, 15) is 9.18 Å². The summed E-state index contributed by atoms with van der Waals surface area (Å²) in [6.07, 6.45) is 5.65. The second-order valence-electron chi connectivity index (χ2n) is 7.19. The molecule has 1 amide bonds. The van der Waals surface area contributed by atoms with Gasteiger partial charge in [-0.3, -0.25) is 4.79 Å². The van der Waals surface area contributed by atoms with E-state index in [0.29, 0.717) is 5.69 Å². The number of benzene rings is 2. The van der Waals surface area contributed by atoms with E-state index in [2.05, 4.69) is 5.32 Å². The third kappa shape index (κ3) is 4.24. The average Bonchev–Trinajstić information content (AvgIpc) is 2.64. The molecule has 1 atom stereocenters. The Labute approximate surface area is 155 Å². The molecule has 0 spiro atoms. The Morgan fingerprint density at radius 3 is 2.54 bits per heavy atom. The van der Waals surface area contributed by atoms with Crippen molar-refractivity contribution in [3.63, 3.8) is 0 Å². The maximum atomic E-state index is 13.7. The largest absolute Gasteiger partial charge is 0.359 e. The molecule has 1 fully saturated rings. The highest BCUT2D eigenvalue weighted by atomic mass is 19.1. The van der Waals surface area contributed by atoms with Crippen LogP contribution in [0.25, 0.3) is 0 Å². The standard InChI is InChI=1S/C22H27FN2O/c1-16-9-6-7-14-20(16)21(22(26)24-18-11-4-3-5-12-18)25(2)19-13-8-10-17(23)15-19/h6-10,13-15,18,21H,3-5,11-12H2,1-2H3,(H,24,26). The fraction of sp³-hybridized carbons (Fsp3) is 0.409. The van der Waals surface area contributed by atoms with Gasteiger partial charge in [0.2, 0.25) is 5.91 Å². The van der Waals surface area contributed by atoms with E-state index in [0.717, 1.165) is 24.0 Å². The van der Waals surface area contributed by atoms with E-state index < -0.39 is 6.04 Å². The molecular weight excluding hydrogens is 327 g/mol. The van der Waals surface area contributed by atoms with Gasteiger partial charge in [0.15, 0.2) is 0 Å². The van der Waals surface area contributed by atoms with Gasteiger partial charge in [-0.15, -0.1) is 0 Å². The minimum atomic E-state index is -0.486. The van der Waals surface area contributed by atoms with Crippen molar-refractivity contribution in [1.82, 2.24) is 5.32 Å². The minimum Gasteiger partial charge on any atom is -0.359 e. The monoisotopic (exact) mass is 354 g/mol. The van der Waals surface area contributed by atoms with Crippen LogP contribution in [-0.4, -0.2) is 19.0 Å². The molecule has 26 heavy (non-hydrogen) atoms. The summed E-state index contributed by atoms with van der Waals surface area (Å²) < 4.78 is 13.7. The number of nitrogens with zero attached hydrogens (tertiary/aromatic N) is 1. The lowest BCUT2D eigenvalue weighted by atomic mass is 9.94. The Bertz CT molecular complexity index is 755. The molecular formula is C22H27FN2O. The summed E-state index contributed by atoms with van der Waals surface area (Å²) in [5.41, 5.74) is 2.70. The molecule has 1 aliphatic rings. The summed E-state index contributed by atoms with van der Waals surface area (Å²) in [6.45, 7) is 2.01. The molecule has 0 aromatic heterocycles. The molecule has 1 N–H and O–H groups in total. The van der Waals surface area contributed by atoms with E-state index >= 15 is 0 Å². The van der Waals surface area contributed by atoms with Gasteiger partial charge in [0.1, 0.15) is 11.9 Å². The minimum absolute atomic E-state index is 0.0158. The smallest absolute Gasteiger partial charge is 0.247 e. The molecule has 4 heteroatoms. The van der Waals surface area contributed by atoms with Crippen LogP contribution in [0.5, 0.6) is 0 Å². The number of hydrogen-bond acceptors (Lipinski definition) is 2. The van der Waals surface area contributed by atoms with Crippen LogP contribution >= 0.6 is 0 Å². The summed E-state index contributed by atoms with van der Waals surface area (Å²) >= 11 is 0. The number of nitrogens with one attached hydrogen (secondary N) is 1. The molecule has 3 nitrogen and oxygen atoms in total. The highest BCUT2D eigenvalue weighted by molar-refractivity contribution is 5.87. The number of anilines is 1. The zero-order valence-electron chi connectivity index (χ0n) is 15.5. The second kappa shape index (κ2) is 8.35. The van der Waals surface area contributed by atoms with Crippen molar-refractivity contribution in [1.29, 1.82) is 0 Å². The van der Waals surface area contributed by atoms with Gasteiger partial charge in [-0.25, -0.2) is 4.39 Å². The van der Waals surface area contributed by atoms with Crippen LogP contribution < -0.4 is 10.2 Å². The zero-order chi connectivity index (χ0) is 18.5. The number of carbonyl (C=O) groups excluding carboxylic acids is 1. The van der Waals surface area contributed by atoms with Crippen molar-refractivity contribution in [2.75, 3.05) is 11.9 Å². The zero-order valence-corrected chi connectivity index (χ0v) is 15.5. The number of hydrogen-bond donors (Lipinski definition) is 1. The molecule has 0 aliphatic heterocycles. The number of likely N-dealkylation sites (N-methyl/N-ethyl adjacent to an activating group) is 1. The Balaban J connectivity index is 1.91. The third-order valence-electron chi connectivity index (χ3n) is 5.29. The first-order chi connectivity index (χ1) is 12.6. The first kappa shape index (κ1) is 18.4. The topological polar surface area (TPSA) is 32.3 Å². The molecule has 3 rings (SSSR count). The van der Waals surface area contributed by atoms with Gasteiger partial charge in [-0.05, 0) is 49.1 Å². The van der Waals surface area contributed by atoms with Crippen LogP contribution in [0.4, 0.5) is 10.1 Å². The van der Waals surface area contributed by atoms with Crippen molar-refractivity contribution < 1.29 is 9.18 Å². The Morgan fingerprint density at radius 1 is 1.12 bits per heavy atom. The number of carbonyl (C=O) groups is 1. The predicted octanol–water partition coefficient (Wildman–Crippen LogP) is 4.76. The quantitative estimate of drug-likeness (QED) is 0.839. The fourth-order valence-corrected chi connectivity index (χ4v) is 3.79. The molecule has 138 valence electrons. The first-order valence-corrected chi connectivity index (χ1v) is 9.40. The van der Waals surface area contributed by atoms with Gasteiger partial charge in [0, 0.05) is 18.8 Å². The van der Waals surface area contributed by atoms with Crippen LogP contribution in [0.15, 0.2) is 48.5 Å². The van der Waals surface area contributed by atoms with Crippen molar-refractivity contribution in [3.8, 4) is 0 Å². The lowest BCUT2D eigenvalue weighted by Gasteiger charge is -2.33. The van der Waals surface area contributed by atoms with Crippen molar-refractivity contribution in [2.24, 2.45) is 0 Å². The summed E-state index contributed by atoms with van der Waals surface area (Å²) in [7, 11) is 1.85. The van der Waals surface area contributed by atoms with Crippen molar-refractivity contribution in [3.05, 3.63) is 65.5 Å². The van der Waals surface area contributed by atoms with Gasteiger partial charge in [0.05, 0.1) is 0 Å². The maximum absolute atomic E-state index is 13.7. The highest BCUT2D eigenvalue weighted by Gasteiger charge is 2.29. The van der Waals surface area contributed by atoms with Crippen LogP contribution in [-0.2, 0) is 4.79 Å². The summed E-state index contributed by atoms with van der Waals surface area (Å²) in [6, 6.07) is 14.1. The van der Waals surface area contributed by atoms with Crippen molar-refractivity contribution in [2.45, 2.75) is 51.1 Å². The normalized spacial score (nSPS) is 16.1. The van der Waals surface area contributed by atoms with Crippen LogP contribution in [0.2, 0.25) is 0 Å².